The number of aryl methyl sites for hydroxylation is 1. The molecule has 0 spiro atoms. The van der Waals surface area contributed by atoms with Gasteiger partial charge in [0.1, 0.15) is 0 Å². The molecule has 0 aliphatic heterocycles. The number of hydrogen-bond donors (Lipinski definition) is 2. The molecule has 1 rings (SSSR count). The zero-order valence-corrected chi connectivity index (χ0v) is 11.9. The Balaban J connectivity index is 2.53. The molecule has 0 fully saturated rings. The highest BCUT2D eigenvalue weighted by molar-refractivity contribution is 5.24. The fourth-order valence-electron chi connectivity index (χ4n) is 2.24. The Bertz CT molecular complexity index is 320. The molecule has 0 amide bonds. The second kappa shape index (κ2) is 8.28. The van der Waals surface area contributed by atoms with Crippen LogP contribution >= 0.6 is 0 Å². The maximum absolute atomic E-state index is 9.01. The van der Waals surface area contributed by atoms with Crippen molar-refractivity contribution >= 4 is 0 Å². The minimum Gasteiger partial charge on any atom is -0.396 e. The molecule has 2 N–H and O–H groups in total. The molecule has 0 radical (unpaired) electrons. The Labute approximate surface area is 111 Å². The fourth-order valence-corrected chi connectivity index (χ4v) is 2.24. The normalized spacial score (nSPS) is 14.4. The van der Waals surface area contributed by atoms with Crippen LogP contribution < -0.4 is 5.32 Å². The second-order valence-corrected chi connectivity index (χ2v) is 5.07. The van der Waals surface area contributed by atoms with Crippen LogP contribution in [0.3, 0.4) is 0 Å². The number of benzene rings is 1. The van der Waals surface area contributed by atoms with Gasteiger partial charge < -0.3 is 10.4 Å². The van der Waals surface area contributed by atoms with E-state index in [-0.39, 0.29) is 0 Å². The molecule has 0 aliphatic rings. The van der Waals surface area contributed by atoms with Gasteiger partial charge in [0.05, 0.1) is 0 Å². The van der Waals surface area contributed by atoms with Crippen molar-refractivity contribution in [1.82, 2.24) is 5.32 Å². The van der Waals surface area contributed by atoms with E-state index in [9.17, 15) is 0 Å². The third kappa shape index (κ3) is 4.79. The molecule has 102 valence electrons. The first kappa shape index (κ1) is 15.2. The van der Waals surface area contributed by atoms with E-state index < -0.39 is 0 Å². The third-order valence-corrected chi connectivity index (χ3v) is 3.66. The van der Waals surface area contributed by atoms with Gasteiger partial charge in [0, 0.05) is 12.6 Å². The molecule has 0 aliphatic carbocycles. The quantitative estimate of drug-likeness (QED) is 0.739. The maximum Gasteiger partial charge on any atom is 0.0434 e. The van der Waals surface area contributed by atoms with Crippen LogP contribution in [0.15, 0.2) is 24.3 Å². The van der Waals surface area contributed by atoms with E-state index in [1.54, 1.807) is 0 Å². The molecule has 0 saturated heterocycles. The van der Waals surface area contributed by atoms with Crippen LogP contribution in [0, 0.1) is 12.8 Å². The predicted molar refractivity (Wildman–Crippen MR) is 77.7 cm³/mol. The summed E-state index contributed by atoms with van der Waals surface area (Å²) in [5.74, 6) is 0.578. The van der Waals surface area contributed by atoms with Crippen molar-refractivity contribution in [3.05, 3.63) is 35.4 Å². The van der Waals surface area contributed by atoms with Crippen molar-refractivity contribution < 1.29 is 5.11 Å². The van der Waals surface area contributed by atoms with Crippen molar-refractivity contribution in [1.29, 1.82) is 0 Å². The number of aliphatic hydroxyl groups excluding tert-OH is 1. The second-order valence-electron chi connectivity index (χ2n) is 5.07. The van der Waals surface area contributed by atoms with E-state index in [0.717, 1.165) is 25.8 Å². The van der Waals surface area contributed by atoms with Crippen LogP contribution in [0.25, 0.3) is 0 Å². The first-order chi connectivity index (χ1) is 8.71. The zero-order chi connectivity index (χ0) is 13.4. The van der Waals surface area contributed by atoms with Gasteiger partial charge in [0.2, 0.25) is 0 Å². The van der Waals surface area contributed by atoms with Gasteiger partial charge in [-0.1, -0.05) is 50.1 Å². The highest BCUT2D eigenvalue weighted by Gasteiger charge is 2.11. The molecule has 2 unspecified atom stereocenters. The summed E-state index contributed by atoms with van der Waals surface area (Å²) in [5.41, 5.74) is 2.67. The van der Waals surface area contributed by atoms with E-state index in [1.165, 1.54) is 11.1 Å². The van der Waals surface area contributed by atoms with E-state index in [1.807, 2.05) is 0 Å². The van der Waals surface area contributed by atoms with Crippen molar-refractivity contribution in [2.24, 2.45) is 5.92 Å². The molecule has 0 bridgehead atoms. The van der Waals surface area contributed by atoms with Gasteiger partial charge in [0.15, 0.2) is 0 Å². The molecule has 1 aromatic carbocycles. The minimum absolute atomic E-state index is 0.293. The van der Waals surface area contributed by atoms with Crippen molar-refractivity contribution in [2.45, 2.75) is 46.1 Å². The summed E-state index contributed by atoms with van der Waals surface area (Å²) in [7, 11) is 0. The lowest BCUT2D eigenvalue weighted by Gasteiger charge is -2.21. The molecular weight excluding hydrogens is 222 g/mol. The molecule has 18 heavy (non-hydrogen) atoms. The van der Waals surface area contributed by atoms with Crippen LogP contribution in [0.2, 0.25) is 0 Å². The van der Waals surface area contributed by atoms with Gasteiger partial charge in [-0.05, 0) is 37.8 Å². The van der Waals surface area contributed by atoms with Crippen LogP contribution in [0.4, 0.5) is 0 Å². The van der Waals surface area contributed by atoms with E-state index >= 15 is 0 Å². The largest absolute Gasteiger partial charge is 0.396 e. The van der Waals surface area contributed by atoms with Crippen LogP contribution in [0.1, 0.15) is 50.3 Å². The van der Waals surface area contributed by atoms with Gasteiger partial charge in [-0.25, -0.2) is 0 Å². The molecule has 0 saturated carbocycles. The van der Waals surface area contributed by atoms with Gasteiger partial charge >= 0.3 is 0 Å². The summed E-state index contributed by atoms with van der Waals surface area (Å²) in [4.78, 5) is 0. The van der Waals surface area contributed by atoms with E-state index in [4.69, 9.17) is 5.11 Å². The number of nitrogens with one attached hydrogen (secondary N) is 1. The standard InChI is InChI=1S/C16H27NO/c1-4-14(10-11-18)12-17-16(5-2)15-8-6-13(3)7-9-15/h6-9,14,16-18H,4-5,10-12H2,1-3H3. The first-order valence-electron chi connectivity index (χ1n) is 7.12. The molecular formula is C16H27NO. The third-order valence-electron chi connectivity index (χ3n) is 3.66. The summed E-state index contributed by atoms with van der Waals surface area (Å²) < 4.78 is 0. The zero-order valence-electron chi connectivity index (χ0n) is 11.9. The highest BCUT2D eigenvalue weighted by atomic mass is 16.3. The Morgan fingerprint density at radius 1 is 1.11 bits per heavy atom. The highest BCUT2D eigenvalue weighted by Crippen LogP contribution is 2.18. The lowest BCUT2D eigenvalue weighted by molar-refractivity contribution is 0.248. The number of hydrogen-bond acceptors (Lipinski definition) is 2. The van der Waals surface area contributed by atoms with Crippen molar-refractivity contribution in [3.63, 3.8) is 0 Å². The summed E-state index contributed by atoms with van der Waals surface area (Å²) in [5, 5.41) is 12.6. The summed E-state index contributed by atoms with van der Waals surface area (Å²) in [6.07, 6.45) is 3.12. The first-order valence-corrected chi connectivity index (χ1v) is 7.12. The average Bonchev–Trinajstić information content (AvgIpc) is 2.40. The van der Waals surface area contributed by atoms with E-state index in [2.05, 4.69) is 50.4 Å². The Morgan fingerprint density at radius 3 is 2.28 bits per heavy atom. The summed E-state index contributed by atoms with van der Waals surface area (Å²) >= 11 is 0. The molecule has 2 heteroatoms. The predicted octanol–water partition coefficient (Wildman–Crippen LogP) is 3.44. The van der Waals surface area contributed by atoms with Gasteiger partial charge in [-0.15, -0.1) is 0 Å². The fraction of sp³-hybridized carbons (Fsp3) is 0.625. The average molecular weight is 249 g/mol. The van der Waals surface area contributed by atoms with Crippen LogP contribution in [0.5, 0.6) is 0 Å². The summed E-state index contributed by atoms with van der Waals surface area (Å²) in [6.45, 7) is 7.80. The lowest BCUT2D eigenvalue weighted by Crippen LogP contribution is -2.27. The number of aliphatic hydroxyl groups is 1. The van der Waals surface area contributed by atoms with Crippen molar-refractivity contribution in [3.8, 4) is 0 Å². The van der Waals surface area contributed by atoms with Crippen molar-refractivity contribution in [2.75, 3.05) is 13.2 Å². The molecule has 2 nitrogen and oxygen atoms in total. The molecule has 0 aromatic heterocycles. The Kier molecular flexibility index (Phi) is 6.99. The SMILES string of the molecule is CCC(CCO)CNC(CC)c1ccc(C)cc1. The van der Waals surface area contributed by atoms with Gasteiger partial charge in [0.25, 0.3) is 0 Å². The van der Waals surface area contributed by atoms with Gasteiger partial charge in [-0.2, -0.15) is 0 Å². The molecule has 2 atom stereocenters. The Hall–Kier alpha value is -0.860. The monoisotopic (exact) mass is 249 g/mol. The Morgan fingerprint density at radius 2 is 1.78 bits per heavy atom. The minimum atomic E-state index is 0.293. The van der Waals surface area contributed by atoms with Gasteiger partial charge in [-0.3, -0.25) is 0 Å². The molecule has 1 aromatic rings. The smallest absolute Gasteiger partial charge is 0.0434 e. The number of rotatable bonds is 8. The van der Waals surface area contributed by atoms with E-state index in [0.29, 0.717) is 18.6 Å². The van der Waals surface area contributed by atoms with Crippen LogP contribution in [-0.4, -0.2) is 18.3 Å². The summed E-state index contributed by atoms with van der Waals surface area (Å²) in [6, 6.07) is 9.20. The maximum atomic E-state index is 9.01. The lowest BCUT2D eigenvalue weighted by atomic mass is 9.99. The molecule has 0 heterocycles. The topological polar surface area (TPSA) is 32.3 Å². The van der Waals surface area contributed by atoms with Crippen LogP contribution in [-0.2, 0) is 0 Å².